The molecular weight excluding hydrogens is 929 g/mol. The summed E-state index contributed by atoms with van der Waals surface area (Å²) in [5.74, 6) is -0.362. The Morgan fingerprint density at radius 3 is 2.37 bits per heavy atom. The summed E-state index contributed by atoms with van der Waals surface area (Å²) in [5.41, 5.74) is 11.2. The number of nitrogen functional groups attached to an aromatic ring is 1. The van der Waals surface area contributed by atoms with E-state index in [9.17, 15) is 14.4 Å². The van der Waals surface area contributed by atoms with E-state index in [1.807, 2.05) is 19.1 Å². The van der Waals surface area contributed by atoms with Crippen LogP contribution in [0.5, 0.6) is 6.01 Å². The number of piperazine rings is 2. The summed E-state index contributed by atoms with van der Waals surface area (Å²) in [7, 11) is 0. The number of aromatic nitrogens is 3. The van der Waals surface area contributed by atoms with Gasteiger partial charge in [0.15, 0.2) is 5.82 Å². The third-order valence-electron chi connectivity index (χ3n) is 18.1. The lowest BCUT2D eigenvalue weighted by Crippen LogP contribution is -2.53. The zero-order chi connectivity index (χ0) is 49.8. The number of piperidine rings is 2. The number of benzene rings is 3. The first kappa shape index (κ1) is 46.7. The number of nitrogens with two attached hydrogens (primary N) is 1. The molecule has 5 saturated heterocycles. The van der Waals surface area contributed by atoms with E-state index in [-0.39, 0.29) is 52.6 Å². The standard InChI is InChI=1S/C56H65F2N11O4/c1-2-40-44(57)8-3-34-21-36(59)23-42(47(34)40)49-48(58)50-43(26-60-49)51(68-29-37-4-5-38(30-68)61-37)64-54(63-50)73-32-56(11-12-56)31-66-15-13-55(14-16-66)24-33(25-55)27-65-17-19-67(20-18-65)39-6-7-41-35(22-39)28-69(53(41)72)45-9-10-46(70)62-52(45)71/h3,6-8,21-23,26,33,37-38,45,61H,2,4-5,9-20,24-25,27-32,59H2,1H3,(H,62,70,71). The van der Waals surface area contributed by atoms with Gasteiger partial charge in [0, 0.05) is 112 Å². The molecule has 2 aromatic heterocycles. The fourth-order valence-corrected chi connectivity index (χ4v) is 14.0. The van der Waals surface area contributed by atoms with Gasteiger partial charge in [0.05, 0.1) is 12.0 Å². The van der Waals surface area contributed by atoms with E-state index in [0.717, 1.165) is 114 Å². The van der Waals surface area contributed by atoms with E-state index in [1.54, 1.807) is 29.3 Å². The number of ether oxygens (including phenoxy) is 1. The van der Waals surface area contributed by atoms with Crippen LogP contribution in [-0.2, 0) is 22.6 Å². The van der Waals surface area contributed by atoms with Gasteiger partial charge in [0.1, 0.15) is 28.9 Å². The second-order valence-corrected chi connectivity index (χ2v) is 23.0. The molecule has 4 N–H and O–H groups in total. The maximum absolute atomic E-state index is 17.3. The second-order valence-electron chi connectivity index (χ2n) is 23.0. The van der Waals surface area contributed by atoms with Crippen molar-refractivity contribution in [2.45, 2.75) is 102 Å². The predicted octanol–water partition coefficient (Wildman–Crippen LogP) is 6.44. The fraction of sp³-hybridized carbons (Fsp3) is 0.536. The van der Waals surface area contributed by atoms with Crippen molar-refractivity contribution >= 4 is 56.6 Å². The van der Waals surface area contributed by atoms with Gasteiger partial charge >= 0.3 is 6.01 Å². The number of carbonyl (C=O) groups excluding carboxylic acids is 3. The molecule has 1 spiro atoms. The molecular formula is C56H65F2N11O4. The number of aryl methyl sites for hydroxylation is 1. The maximum Gasteiger partial charge on any atom is 0.319 e. The van der Waals surface area contributed by atoms with Crippen LogP contribution < -0.4 is 30.9 Å². The Balaban J connectivity index is 0.627. The highest BCUT2D eigenvalue weighted by atomic mass is 19.1. The first-order valence-electron chi connectivity index (χ1n) is 26.9. The van der Waals surface area contributed by atoms with Crippen LogP contribution in [0.25, 0.3) is 32.9 Å². The van der Waals surface area contributed by atoms with E-state index in [1.165, 1.54) is 31.7 Å². The number of halogens is 2. The molecule has 15 nitrogen and oxygen atoms in total. The average Bonchev–Trinajstić information content (AvgIpc) is 3.96. The molecule has 382 valence electrons. The van der Waals surface area contributed by atoms with Gasteiger partial charge in [-0.3, -0.25) is 29.6 Å². The molecule has 3 aromatic carbocycles. The Morgan fingerprint density at radius 2 is 1.63 bits per heavy atom. The molecule has 73 heavy (non-hydrogen) atoms. The summed E-state index contributed by atoms with van der Waals surface area (Å²) in [6.45, 7) is 12.5. The lowest BCUT2D eigenvalue weighted by atomic mass is 9.57. The number of hydrogen-bond acceptors (Lipinski definition) is 13. The molecule has 8 heterocycles. The Kier molecular flexibility index (Phi) is 11.6. The lowest BCUT2D eigenvalue weighted by molar-refractivity contribution is -0.136. The van der Waals surface area contributed by atoms with Crippen molar-refractivity contribution in [1.82, 2.24) is 40.3 Å². The number of fused-ring (bicyclic) bond motifs is 5. The minimum Gasteiger partial charge on any atom is -0.463 e. The van der Waals surface area contributed by atoms with Gasteiger partial charge in [-0.25, -0.2) is 8.78 Å². The number of nitrogens with zero attached hydrogens (tertiary/aromatic N) is 8. The number of nitrogens with one attached hydrogen (secondary N) is 2. The molecule has 17 heteroatoms. The molecule has 2 saturated carbocycles. The number of imide groups is 1. The van der Waals surface area contributed by atoms with Crippen LogP contribution in [-0.4, -0.2) is 138 Å². The van der Waals surface area contributed by atoms with Crippen molar-refractivity contribution in [2.75, 3.05) is 87.6 Å². The van der Waals surface area contributed by atoms with Gasteiger partial charge in [-0.1, -0.05) is 13.0 Å². The zero-order valence-electron chi connectivity index (χ0n) is 41.7. The molecule has 2 aliphatic carbocycles. The molecule has 6 aliphatic heterocycles. The van der Waals surface area contributed by atoms with Crippen molar-refractivity contribution in [2.24, 2.45) is 16.7 Å². The van der Waals surface area contributed by atoms with Crippen LogP contribution in [0, 0.1) is 28.4 Å². The molecule has 3 atom stereocenters. The summed E-state index contributed by atoms with van der Waals surface area (Å²) < 4.78 is 39.1. The van der Waals surface area contributed by atoms with Gasteiger partial charge in [0.25, 0.3) is 5.91 Å². The van der Waals surface area contributed by atoms with Crippen LogP contribution in [0.3, 0.4) is 0 Å². The molecule has 7 fully saturated rings. The Bertz CT molecular complexity index is 3040. The predicted molar refractivity (Wildman–Crippen MR) is 275 cm³/mol. The lowest BCUT2D eigenvalue weighted by Gasteiger charge is -2.54. The van der Waals surface area contributed by atoms with Crippen molar-refractivity contribution in [3.05, 3.63) is 77.0 Å². The van der Waals surface area contributed by atoms with Crippen molar-refractivity contribution in [3.63, 3.8) is 0 Å². The van der Waals surface area contributed by atoms with E-state index < -0.39 is 11.9 Å². The van der Waals surface area contributed by atoms with E-state index in [4.69, 9.17) is 25.4 Å². The molecule has 2 bridgehead atoms. The molecule has 5 aromatic rings. The first-order chi connectivity index (χ1) is 35.4. The van der Waals surface area contributed by atoms with Crippen LogP contribution in [0.4, 0.5) is 26.0 Å². The average molecular weight is 994 g/mol. The number of amides is 3. The monoisotopic (exact) mass is 994 g/mol. The van der Waals surface area contributed by atoms with Crippen molar-refractivity contribution in [3.8, 4) is 17.3 Å². The van der Waals surface area contributed by atoms with Crippen molar-refractivity contribution < 1.29 is 27.9 Å². The topological polar surface area (TPSA) is 165 Å². The SMILES string of the molecule is CCc1c(F)ccc2cc(N)cc(-c3ncc4c(N5CC6CCC(C5)N6)nc(OCC5(CN6CCC7(CC6)CC(CN6CCN(c8ccc9c(c8)CN(C8CCC(=O)NC8=O)C9=O)CC6)C7)CC5)nc4c3F)c12. The van der Waals surface area contributed by atoms with Crippen LogP contribution in [0.2, 0.25) is 0 Å². The van der Waals surface area contributed by atoms with Crippen LogP contribution in [0.15, 0.2) is 48.7 Å². The number of anilines is 3. The Morgan fingerprint density at radius 1 is 0.849 bits per heavy atom. The molecule has 13 rings (SSSR count). The highest BCUT2D eigenvalue weighted by molar-refractivity contribution is 6.06. The minimum atomic E-state index is -0.603. The summed E-state index contributed by atoms with van der Waals surface area (Å²) in [4.78, 5) is 63.6. The third kappa shape index (κ3) is 8.62. The summed E-state index contributed by atoms with van der Waals surface area (Å²) in [6, 6.07) is 12.9. The minimum absolute atomic E-state index is 0.0118. The Labute approximate surface area is 424 Å². The van der Waals surface area contributed by atoms with E-state index in [2.05, 4.69) is 36.3 Å². The van der Waals surface area contributed by atoms with Gasteiger partial charge in [0.2, 0.25) is 11.8 Å². The van der Waals surface area contributed by atoms with Crippen LogP contribution in [0.1, 0.15) is 92.6 Å². The van der Waals surface area contributed by atoms with Gasteiger partial charge < -0.3 is 35.4 Å². The number of hydrogen-bond donors (Lipinski definition) is 3. The normalized spacial score (nSPS) is 24.9. The Hall–Kier alpha value is -6.04. The number of likely N-dealkylation sites (tertiary alicyclic amines) is 1. The van der Waals surface area contributed by atoms with Gasteiger partial charge in [-0.05, 0) is 147 Å². The largest absolute Gasteiger partial charge is 0.463 e. The number of pyridine rings is 1. The summed E-state index contributed by atoms with van der Waals surface area (Å²) in [6.07, 6.45) is 12.1. The molecule has 8 aliphatic rings. The fourth-order valence-electron chi connectivity index (χ4n) is 14.0. The highest BCUT2D eigenvalue weighted by Gasteiger charge is 2.50. The zero-order valence-corrected chi connectivity index (χ0v) is 41.7. The number of rotatable bonds is 12. The van der Waals surface area contributed by atoms with Gasteiger partial charge in [-0.15, -0.1) is 0 Å². The third-order valence-corrected chi connectivity index (χ3v) is 18.1. The first-order valence-corrected chi connectivity index (χ1v) is 26.9. The van der Waals surface area contributed by atoms with Crippen molar-refractivity contribution in [1.29, 1.82) is 0 Å². The molecule has 0 radical (unpaired) electrons. The van der Waals surface area contributed by atoms with E-state index in [0.29, 0.717) is 82.5 Å². The van der Waals surface area contributed by atoms with Gasteiger partial charge in [-0.2, -0.15) is 9.97 Å². The maximum atomic E-state index is 17.3. The molecule has 3 unspecified atom stereocenters. The quantitative estimate of drug-likeness (QED) is 0.0925. The summed E-state index contributed by atoms with van der Waals surface area (Å²) >= 11 is 0. The van der Waals surface area contributed by atoms with Crippen LogP contribution >= 0.6 is 0 Å². The highest BCUT2D eigenvalue weighted by Crippen LogP contribution is 2.54. The summed E-state index contributed by atoms with van der Waals surface area (Å²) in [5, 5.41) is 7.96. The van der Waals surface area contributed by atoms with E-state index >= 15 is 8.78 Å². The second kappa shape index (κ2) is 18.1. The molecule has 3 amide bonds. The smallest absolute Gasteiger partial charge is 0.319 e. The number of carbonyl (C=O) groups is 3.